The molecule has 9 heteroatoms. The Kier molecular flexibility index (Phi) is 6.51. The van der Waals surface area contributed by atoms with E-state index >= 15 is 0 Å². The van der Waals surface area contributed by atoms with Crippen LogP contribution in [0.25, 0.3) is 10.2 Å². The van der Waals surface area contributed by atoms with E-state index in [0.29, 0.717) is 15.8 Å². The van der Waals surface area contributed by atoms with E-state index in [4.69, 9.17) is 0 Å². The molecule has 0 atom stereocenters. The minimum Gasteiger partial charge on any atom is -0.507 e. The molecule has 0 spiro atoms. The molecule has 8 nitrogen and oxygen atoms in total. The number of benzene rings is 1. The van der Waals surface area contributed by atoms with E-state index in [2.05, 4.69) is 25.4 Å². The number of carbonyl (C=O) groups is 1. The molecule has 0 saturated heterocycles. The number of aryl methyl sites for hydroxylation is 2. The number of nitrogens with zero attached hydrogens (tertiary/aromatic N) is 3. The molecule has 0 aliphatic heterocycles. The van der Waals surface area contributed by atoms with Crippen LogP contribution in [-0.2, 0) is 11.2 Å². The number of amides is 1. The molecule has 0 radical (unpaired) electrons. The van der Waals surface area contributed by atoms with Crippen LogP contribution in [-0.4, -0.2) is 40.3 Å². The number of thiophene rings is 1. The van der Waals surface area contributed by atoms with E-state index in [-0.39, 0.29) is 23.6 Å². The van der Waals surface area contributed by atoms with Crippen LogP contribution in [0.15, 0.2) is 28.1 Å². The molecule has 0 unspecified atom stereocenters. The van der Waals surface area contributed by atoms with Gasteiger partial charge >= 0.3 is 0 Å². The first-order valence-corrected chi connectivity index (χ1v) is 10.5. The zero-order chi connectivity index (χ0) is 21.8. The molecule has 0 fully saturated rings. The van der Waals surface area contributed by atoms with Crippen molar-refractivity contribution in [3.05, 3.63) is 50.4 Å². The number of phenolic OH excluding ortho intramolecular Hbond substituents is 1. The van der Waals surface area contributed by atoms with Gasteiger partial charge in [-0.1, -0.05) is 0 Å². The molecule has 2 heterocycles. The predicted molar refractivity (Wildman–Crippen MR) is 121 cm³/mol. The molecule has 0 saturated carbocycles. The minimum absolute atomic E-state index is 0.0808. The van der Waals surface area contributed by atoms with Crippen molar-refractivity contribution in [1.82, 2.24) is 15.4 Å². The summed E-state index contributed by atoms with van der Waals surface area (Å²) in [6, 6.07) is 5.31. The van der Waals surface area contributed by atoms with Crippen molar-refractivity contribution in [2.75, 3.05) is 18.0 Å². The fourth-order valence-electron chi connectivity index (χ4n) is 3.18. The SMILES string of the molecule is CCN(CC)c1ccc(/C=N\NC(=O)Cc2nc3sc(C)c(C)c3c(=O)[nH]2)c(O)c1. The first kappa shape index (κ1) is 21.5. The number of aromatic hydroxyl groups is 1. The maximum atomic E-state index is 12.3. The number of carbonyl (C=O) groups excluding carboxylic acids is 1. The Labute approximate surface area is 178 Å². The standard InChI is InChI=1S/C21H25N5O3S/c1-5-26(6-2)15-8-7-14(16(27)9-15)11-22-25-18(28)10-17-23-20(29)19-12(3)13(4)30-21(19)24-17/h7-9,11,27H,5-6,10H2,1-4H3,(H,25,28)(H,23,24,29)/b22-11-. The van der Waals surface area contributed by atoms with Crippen LogP contribution in [0.5, 0.6) is 5.75 Å². The minimum atomic E-state index is -0.419. The van der Waals surface area contributed by atoms with Crippen LogP contribution >= 0.6 is 11.3 Å². The van der Waals surface area contributed by atoms with E-state index < -0.39 is 5.91 Å². The lowest BCUT2D eigenvalue weighted by Gasteiger charge is -2.21. The second kappa shape index (κ2) is 9.08. The number of rotatable bonds is 7. The zero-order valence-corrected chi connectivity index (χ0v) is 18.3. The molecule has 1 aromatic carbocycles. The lowest BCUT2D eigenvalue weighted by molar-refractivity contribution is -0.120. The molecule has 1 amide bonds. The first-order valence-electron chi connectivity index (χ1n) is 9.72. The summed E-state index contributed by atoms with van der Waals surface area (Å²) in [6.07, 6.45) is 1.27. The van der Waals surface area contributed by atoms with Crippen molar-refractivity contribution in [2.45, 2.75) is 34.1 Å². The smallest absolute Gasteiger partial charge is 0.259 e. The number of aromatic amines is 1. The first-order chi connectivity index (χ1) is 14.3. The Balaban J connectivity index is 1.67. The van der Waals surface area contributed by atoms with Gasteiger partial charge in [-0.05, 0) is 45.4 Å². The van der Waals surface area contributed by atoms with Crippen molar-refractivity contribution >= 4 is 39.4 Å². The van der Waals surface area contributed by atoms with Gasteiger partial charge in [0.25, 0.3) is 5.56 Å². The topological polar surface area (TPSA) is 111 Å². The Bertz CT molecular complexity index is 1160. The summed E-state index contributed by atoms with van der Waals surface area (Å²) in [5, 5.41) is 14.7. The van der Waals surface area contributed by atoms with Crippen LogP contribution in [0.3, 0.4) is 0 Å². The molecule has 3 aromatic rings. The van der Waals surface area contributed by atoms with Gasteiger partial charge < -0.3 is 15.0 Å². The Morgan fingerprint density at radius 1 is 1.33 bits per heavy atom. The number of H-pyrrole nitrogens is 1. The van der Waals surface area contributed by atoms with Crippen LogP contribution in [0, 0.1) is 13.8 Å². The number of hydrogen-bond donors (Lipinski definition) is 3. The fraction of sp³-hybridized carbons (Fsp3) is 0.333. The molecule has 0 aliphatic rings. The lowest BCUT2D eigenvalue weighted by Crippen LogP contribution is -2.23. The van der Waals surface area contributed by atoms with Crippen LogP contribution in [0.1, 0.15) is 35.7 Å². The number of aromatic nitrogens is 2. The van der Waals surface area contributed by atoms with Crippen molar-refractivity contribution < 1.29 is 9.90 Å². The van der Waals surface area contributed by atoms with Gasteiger partial charge in [0.15, 0.2) is 0 Å². The van der Waals surface area contributed by atoms with Crippen LogP contribution in [0.2, 0.25) is 0 Å². The van der Waals surface area contributed by atoms with Crippen LogP contribution < -0.4 is 15.9 Å². The van der Waals surface area contributed by atoms with Crippen molar-refractivity contribution in [1.29, 1.82) is 0 Å². The molecule has 3 N–H and O–H groups in total. The summed E-state index contributed by atoms with van der Waals surface area (Å²) < 4.78 is 0. The highest BCUT2D eigenvalue weighted by Crippen LogP contribution is 2.26. The molecule has 2 aromatic heterocycles. The number of hydrogen-bond acceptors (Lipinski definition) is 7. The van der Waals surface area contributed by atoms with Gasteiger partial charge in [0.1, 0.15) is 16.4 Å². The van der Waals surface area contributed by atoms with Gasteiger partial charge in [-0.2, -0.15) is 5.10 Å². The van der Waals surface area contributed by atoms with Gasteiger partial charge in [0.2, 0.25) is 5.91 Å². The molecule has 3 rings (SSSR count). The van der Waals surface area contributed by atoms with Gasteiger partial charge in [-0.3, -0.25) is 9.59 Å². The number of anilines is 1. The third-order valence-corrected chi connectivity index (χ3v) is 6.05. The number of phenols is 1. The Morgan fingerprint density at radius 2 is 2.07 bits per heavy atom. The molecular formula is C21H25N5O3S. The third kappa shape index (κ3) is 4.51. The molecule has 158 valence electrons. The van der Waals surface area contributed by atoms with Crippen molar-refractivity contribution in [3.63, 3.8) is 0 Å². The Morgan fingerprint density at radius 3 is 2.73 bits per heavy atom. The van der Waals surface area contributed by atoms with E-state index in [1.165, 1.54) is 17.6 Å². The van der Waals surface area contributed by atoms with E-state index in [1.807, 2.05) is 33.8 Å². The average molecular weight is 428 g/mol. The highest BCUT2D eigenvalue weighted by Gasteiger charge is 2.13. The highest BCUT2D eigenvalue weighted by molar-refractivity contribution is 7.18. The summed E-state index contributed by atoms with van der Waals surface area (Å²) in [7, 11) is 0. The maximum Gasteiger partial charge on any atom is 0.259 e. The van der Waals surface area contributed by atoms with E-state index in [9.17, 15) is 14.7 Å². The fourth-order valence-corrected chi connectivity index (χ4v) is 4.22. The molecule has 0 bridgehead atoms. The number of nitrogens with one attached hydrogen (secondary N) is 2. The van der Waals surface area contributed by atoms with Gasteiger partial charge in [0, 0.05) is 35.3 Å². The largest absolute Gasteiger partial charge is 0.507 e. The quantitative estimate of drug-likeness (QED) is 0.397. The maximum absolute atomic E-state index is 12.3. The Hall–Kier alpha value is -3.20. The zero-order valence-electron chi connectivity index (χ0n) is 17.4. The van der Waals surface area contributed by atoms with E-state index in [1.54, 1.807) is 12.1 Å². The van der Waals surface area contributed by atoms with Crippen molar-refractivity contribution in [2.24, 2.45) is 5.10 Å². The van der Waals surface area contributed by atoms with Gasteiger partial charge in [0.05, 0.1) is 18.0 Å². The average Bonchev–Trinajstić information content (AvgIpc) is 2.98. The monoisotopic (exact) mass is 427 g/mol. The summed E-state index contributed by atoms with van der Waals surface area (Å²) >= 11 is 1.43. The normalized spacial score (nSPS) is 11.3. The number of fused-ring (bicyclic) bond motifs is 1. The molecular weight excluding hydrogens is 402 g/mol. The second-order valence-corrected chi connectivity index (χ2v) is 8.06. The molecule has 30 heavy (non-hydrogen) atoms. The highest BCUT2D eigenvalue weighted by atomic mass is 32.1. The van der Waals surface area contributed by atoms with Crippen LogP contribution in [0.4, 0.5) is 5.69 Å². The number of hydrazone groups is 1. The van der Waals surface area contributed by atoms with Gasteiger partial charge in [-0.25, -0.2) is 10.4 Å². The summed E-state index contributed by atoms with van der Waals surface area (Å²) in [5.74, 6) is -0.0526. The third-order valence-electron chi connectivity index (χ3n) is 4.95. The summed E-state index contributed by atoms with van der Waals surface area (Å²) in [4.78, 5) is 35.3. The summed E-state index contributed by atoms with van der Waals surface area (Å²) in [6.45, 7) is 9.60. The second-order valence-electron chi connectivity index (χ2n) is 6.86. The molecule has 0 aliphatic carbocycles. The predicted octanol–water partition coefficient (Wildman–Crippen LogP) is 2.85. The van der Waals surface area contributed by atoms with Crippen molar-refractivity contribution in [3.8, 4) is 5.75 Å². The van der Waals surface area contributed by atoms with E-state index in [0.717, 1.165) is 29.2 Å². The summed E-state index contributed by atoms with van der Waals surface area (Å²) in [5.41, 5.74) is 4.48. The van der Waals surface area contributed by atoms with Gasteiger partial charge in [-0.15, -0.1) is 11.3 Å². The lowest BCUT2D eigenvalue weighted by atomic mass is 10.2.